The van der Waals surface area contributed by atoms with E-state index in [1.165, 1.54) is 6.07 Å². The number of anilines is 1. The van der Waals surface area contributed by atoms with Gasteiger partial charge in [0.05, 0.1) is 5.69 Å². The Morgan fingerprint density at radius 1 is 1.36 bits per heavy atom. The molecule has 0 amide bonds. The maximum atomic E-state index is 13.2. The molecule has 0 fully saturated rings. The fraction of sp³-hybridized carbons (Fsp3) is 0.400. The van der Waals surface area contributed by atoms with Gasteiger partial charge in [-0.05, 0) is 23.6 Å². The summed E-state index contributed by atoms with van der Waals surface area (Å²) in [6, 6.07) is 2.51. The van der Waals surface area contributed by atoms with Gasteiger partial charge in [-0.25, -0.2) is 4.39 Å². The summed E-state index contributed by atoms with van der Waals surface area (Å²) in [5.41, 5.74) is 12.1. The van der Waals surface area contributed by atoms with Crippen molar-refractivity contribution in [3.8, 4) is 0 Å². The fourth-order valence-electron chi connectivity index (χ4n) is 1.24. The predicted molar refractivity (Wildman–Crippen MR) is 57.6 cm³/mol. The molecule has 4 heteroatoms. The van der Waals surface area contributed by atoms with Crippen LogP contribution in [-0.2, 0) is 0 Å². The van der Waals surface area contributed by atoms with Crippen LogP contribution in [-0.4, -0.2) is 0 Å². The van der Waals surface area contributed by atoms with E-state index >= 15 is 0 Å². The van der Waals surface area contributed by atoms with Crippen molar-refractivity contribution in [1.82, 2.24) is 0 Å². The molecule has 0 heterocycles. The van der Waals surface area contributed by atoms with Crippen LogP contribution in [0.3, 0.4) is 0 Å². The molecule has 78 valence electrons. The smallest absolute Gasteiger partial charge is 0.147 e. The molecule has 1 aromatic rings. The van der Waals surface area contributed by atoms with E-state index in [1.807, 2.05) is 13.8 Å². The molecule has 0 radical (unpaired) electrons. The summed E-state index contributed by atoms with van der Waals surface area (Å²) in [6.07, 6.45) is 0. The first kappa shape index (κ1) is 11.3. The van der Waals surface area contributed by atoms with Crippen LogP contribution in [0.15, 0.2) is 12.1 Å². The number of nitrogens with two attached hydrogens (primary N) is 2. The number of hydrogen-bond acceptors (Lipinski definition) is 2. The molecule has 0 saturated heterocycles. The van der Waals surface area contributed by atoms with Gasteiger partial charge < -0.3 is 11.5 Å². The van der Waals surface area contributed by atoms with Crippen molar-refractivity contribution in [3.63, 3.8) is 0 Å². The van der Waals surface area contributed by atoms with Crippen LogP contribution in [0.5, 0.6) is 0 Å². The lowest BCUT2D eigenvalue weighted by molar-refractivity contribution is 0.512. The van der Waals surface area contributed by atoms with Crippen LogP contribution in [0.4, 0.5) is 10.1 Å². The second kappa shape index (κ2) is 4.15. The van der Waals surface area contributed by atoms with Gasteiger partial charge in [0, 0.05) is 11.1 Å². The van der Waals surface area contributed by atoms with Crippen molar-refractivity contribution in [2.24, 2.45) is 11.7 Å². The van der Waals surface area contributed by atoms with Crippen LogP contribution in [0, 0.1) is 11.7 Å². The topological polar surface area (TPSA) is 52.0 Å². The van der Waals surface area contributed by atoms with Crippen molar-refractivity contribution in [3.05, 3.63) is 28.5 Å². The lowest BCUT2D eigenvalue weighted by Crippen LogP contribution is -2.18. The quantitative estimate of drug-likeness (QED) is 0.747. The first-order valence-electron chi connectivity index (χ1n) is 4.43. The number of benzene rings is 1. The molecule has 0 aliphatic heterocycles. The number of nitrogen functional groups attached to an aromatic ring is 1. The average molecular weight is 217 g/mol. The van der Waals surface area contributed by atoms with E-state index in [9.17, 15) is 4.39 Å². The molecule has 1 aromatic carbocycles. The third-order valence-corrected chi connectivity index (χ3v) is 2.42. The van der Waals surface area contributed by atoms with E-state index < -0.39 is 5.82 Å². The van der Waals surface area contributed by atoms with Crippen molar-refractivity contribution in [2.45, 2.75) is 19.9 Å². The molecule has 4 N–H and O–H groups in total. The summed E-state index contributed by atoms with van der Waals surface area (Å²) in [4.78, 5) is 0. The molecule has 0 aliphatic carbocycles. The summed E-state index contributed by atoms with van der Waals surface area (Å²) >= 11 is 5.72. The molecule has 1 rings (SSSR count). The third-order valence-electron chi connectivity index (χ3n) is 2.20. The Kier molecular flexibility index (Phi) is 3.34. The molecular formula is C10H14ClFN2. The molecule has 0 bridgehead atoms. The Labute approximate surface area is 88.0 Å². The van der Waals surface area contributed by atoms with Crippen LogP contribution in [0.1, 0.15) is 25.5 Å². The molecular weight excluding hydrogens is 203 g/mol. The van der Waals surface area contributed by atoms with Crippen LogP contribution < -0.4 is 11.5 Å². The van der Waals surface area contributed by atoms with Gasteiger partial charge in [0.1, 0.15) is 5.82 Å². The van der Waals surface area contributed by atoms with Crippen molar-refractivity contribution in [1.29, 1.82) is 0 Å². The fourth-order valence-corrected chi connectivity index (χ4v) is 1.45. The second-order valence-corrected chi connectivity index (χ2v) is 4.10. The maximum absolute atomic E-state index is 13.2. The first-order chi connectivity index (χ1) is 6.43. The minimum Gasteiger partial charge on any atom is -0.396 e. The van der Waals surface area contributed by atoms with E-state index in [1.54, 1.807) is 6.07 Å². The summed E-state index contributed by atoms with van der Waals surface area (Å²) in [5.74, 6) is -0.321. The zero-order chi connectivity index (χ0) is 10.9. The zero-order valence-electron chi connectivity index (χ0n) is 8.22. The van der Waals surface area contributed by atoms with Gasteiger partial charge in [-0.1, -0.05) is 25.4 Å². The molecule has 0 saturated carbocycles. The highest BCUT2D eigenvalue weighted by Gasteiger charge is 2.16. The SMILES string of the molecule is CC(C)C(N)c1cc(Cl)cc(F)c1N. The third kappa shape index (κ3) is 2.16. The van der Waals surface area contributed by atoms with E-state index in [0.717, 1.165) is 0 Å². The van der Waals surface area contributed by atoms with Crippen molar-refractivity contribution >= 4 is 17.3 Å². The van der Waals surface area contributed by atoms with Gasteiger partial charge in [0.15, 0.2) is 0 Å². The Bertz CT molecular complexity index is 339. The minimum atomic E-state index is -0.511. The number of halogens is 2. The normalized spacial score (nSPS) is 13.3. The zero-order valence-corrected chi connectivity index (χ0v) is 8.98. The molecule has 0 spiro atoms. The van der Waals surface area contributed by atoms with Crippen molar-refractivity contribution < 1.29 is 4.39 Å². The summed E-state index contributed by atoms with van der Waals surface area (Å²) < 4.78 is 13.2. The predicted octanol–water partition coefficient (Wildman–Crippen LogP) is 2.72. The molecule has 0 aliphatic rings. The monoisotopic (exact) mass is 216 g/mol. The highest BCUT2D eigenvalue weighted by Crippen LogP contribution is 2.29. The van der Waals surface area contributed by atoms with Gasteiger partial charge in [0.2, 0.25) is 0 Å². The summed E-state index contributed by atoms with van der Waals surface area (Å²) in [5, 5.41) is 0.322. The van der Waals surface area contributed by atoms with E-state index in [2.05, 4.69) is 0 Å². The molecule has 14 heavy (non-hydrogen) atoms. The van der Waals surface area contributed by atoms with Gasteiger partial charge >= 0.3 is 0 Å². The standard InChI is InChI=1S/C10H14ClFN2/c1-5(2)9(13)7-3-6(11)4-8(12)10(7)14/h3-5,9H,13-14H2,1-2H3. The largest absolute Gasteiger partial charge is 0.396 e. The van der Waals surface area contributed by atoms with E-state index in [4.69, 9.17) is 23.1 Å². The molecule has 1 atom stereocenters. The van der Waals surface area contributed by atoms with Gasteiger partial charge in [-0.15, -0.1) is 0 Å². The lowest BCUT2D eigenvalue weighted by atomic mass is 9.95. The Hall–Kier alpha value is -0.800. The van der Waals surface area contributed by atoms with Crippen LogP contribution in [0.25, 0.3) is 0 Å². The number of rotatable bonds is 2. The van der Waals surface area contributed by atoms with E-state index in [0.29, 0.717) is 10.6 Å². The Morgan fingerprint density at radius 3 is 2.43 bits per heavy atom. The molecule has 2 nitrogen and oxygen atoms in total. The van der Waals surface area contributed by atoms with Crippen molar-refractivity contribution in [2.75, 3.05) is 5.73 Å². The molecule has 1 unspecified atom stereocenters. The highest BCUT2D eigenvalue weighted by molar-refractivity contribution is 6.30. The Balaban J connectivity index is 3.20. The van der Waals surface area contributed by atoms with Crippen LogP contribution in [0.2, 0.25) is 5.02 Å². The van der Waals surface area contributed by atoms with Gasteiger partial charge in [-0.3, -0.25) is 0 Å². The second-order valence-electron chi connectivity index (χ2n) is 3.66. The van der Waals surface area contributed by atoms with E-state index in [-0.39, 0.29) is 17.6 Å². The Morgan fingerprint density at radius 2 is 1.93 bits per heavy atom. The highest BCUT2D eigenvalue weighted by atomic mass is 35.5. The number of hydrogen-bond donors (Lipinski definition) is 2. The lowest BCUT2D eigenvalue weighted by Gasteiger charge is -2.18. The average Bonchev–Trinajstić information content (AvgIpc) is 2.09. The summed E-state index contributed by atoms with van der Waals surface area (Å²) in [7, 11) is 0. The minimum absolute atomic E-state index is 0.0931. The molecule has 0 aromatic heterocycles. The first-order valence-corrected chi connectivity index (χ1v) is 4.81. The van der Waals surface area contributed by atoms with Crippen LogP contribution >= 0.6 is 11.6 Å². The van der Waals surface area contributed by atoms with Gasteiger partial charge in [0.25, 0.3) is 0 Å². The van der Waals surface area contributed by atoms with Gasteiger partial charge in [-0.2, -0.15) is 0 Å². The summed E-state index contributed by atoms with van der Waals surface area (Å²) in [6.45, 7) is 3.89. The maximum Gasteiger partial charge on any atom is 0.147 e.